The molecule has 102 valence electrons. The topological polar surface area (TPSA) is 38.0 Å². The lowest BCUT2D eigenvalue weighted by Gasteiger charge is -2.11. The van der Waals surface area contributed by atoms with Crippen LogP contribution in [-0.4, -0.2) is 14.9 Å². The number of aliphatic hydroxyl groups is 1. The molecule has 0 saturated carbocycles. The lowest BCUT2D eigenvalue weighted by molar-refractivity contribution is 0.176. The second kappa shape index (κ2) is 5.61. The summed E-state index contributed by atoms with van der Waals surface area (Å²) < 4.78 is 15.9. The maximum atomic E-state index is 13.7. The Balaban J connectivity index is 2.28. The smallest absolute Gasteiger partial charge is 0.132 e. The lowest BCUT2D eigenvalue weighted by Crippen LogP contribution is -2.05. The third-order valence-corrected chi connectivity index (χ3v) is 3.90. The minimum atomic E-state index is -0.878. The number of aromatic nitrogens is 2. The molecule has 19 heavy (non-hydrogen) atoms. The van der Waals surface area contributed by atoms with Crippen molar-refractivity contribution in [2.24, 2.45) is 7.05 Å². The fourth-order valence-corrected chi connectivity index (χ4v) is 2.66. The van der Waals surface area contributed by atoms with Crippen LogP contribution >= 0.6 is 27.5 Å². The Hall–Kier alpha value is -0.910. The molecule has 3 nitrogen and oxygen atoms in total. The summed E-state index contributed by atoms with van der Waals surface area (Å²) in [5, 5.41) is 14.7. The van der Waals surface area contributed by atoms with Gasteiger partial charge in [-0.25, -0.2) is 4.39 Å². The fraction of sp³-hybridized carbons (Fsp3) is 0.308. The first-order valence-electron chi connectivity index (χ1n) is 5.71. The Morgan fingerprint density at radius 1 is 1.53 bits per heavy atom. The second-order valence-electron chi connectivity index (χ2n) is 4.37. The Labute approximate surface area is 124 Å². The predicted molar refractivity (Wildman–Crippen MR) is 75.7 cm³/mol. The van der Waals surface area contributed by atoms with Crippen LogP contribution in [0.5, 0.6) is 0 Å². The summed E-state index contributed by atoms with van der Waals surface area (Å²) in [6, 6.07) is 4.75. The molecule has 0 aliphatic carbocycles. The van der Waals surface area contributed by atoms with Gasteiger partial charge in [0.1, 0.15) is 11.0 Å². The van der Waals surface area contributed by atoms with Crippen molar-refractivity contribution < 1.29 is 9.50 Å². The van der Waals surface area contributed by atoms with E-state index in [9.17, 15) is 9.50 Å². The zero-order chi connectivity index (χ0) is 14.2. The van der Waals surface area contributed by atoms with Crippen LogP contribution in [0.4, 0.5) is 4.39 Å². The first-order valence-corrected chi connectivity index (χ1v) is 6.88. The summed E-state index contributed by atoms with van der Waals surface area (Å²) in [5.74, 6) is -0.355. The van der Waals surface area contributed by atoms with E-state index in [0.29, 0.717) is 26.4 Å². The summed E-state index contributed by atoms with van der Waals surface area (Å²) >= 11 is 9.28. The third kappa shape index (κ3) is 2.99. The number of hydrogen-bond donors (Lipinski definition) is 1. The van der Waals surface area contributed by atoms with Crippen LogP contribution in [0.2, 0.25) is 5.15 Å². The van der Waals surface area contributed by atoms with Crippen LogP contribution in [-0.2, 0) is 13.5 Å². The molecule has 2 aromatic rings. The van der Waals surface area contributed by atoms with Crippen LogP contribution < -0.4 is 0 Å². The molecule has 0 saturated heterocycles. The summed E-state index contributed by atoms with van der Waals surface area (Å²) in [7, 11) is 1.70. The average Bonchev–Trinajstić information content (AvgIpc) is 2.57. The van der Waals surface area contributed by atoms with Gasteiger partial charge in [-0.2, -0.15) is 5.10 Å². The van der Waals surface area contributed by atoms with Crippen molar-refractivity contribution in [1.29, 1.82) is 0 Å². The normalized spacial score (nSPS) is 12.7. The summed E-state index contributed by atoms with van der Waals surface area (Å²) in [6.07, 6.45) is -0.720. The SMILES string of the molecule is Cc1nn(C)c(Cl)c1C(O)Cc1ccc(Br)cc1F. The molecule has 1 heterocycles. The van der Waals surface area contributed by atoms with Gasteiger partial charge in [-0.1, -0.05) is 33.6 Å². The van der Waals surface area contributed by atoms with Crippen LogP contribution in [0, 0.1) is 12.7 Å². The Morgan fingerprint density at radius 3 is 2.74 bits per heavy atom. The van der Waals surface area contributed by atoms with Crippen molar-refractivity contribution in [2.75, 3.05) is 0 Å². The van der Waals surface area contributed by atoms with Crippen molar-refractivity contribution in [3.63, 3.8) is 0 Å². The highest BCUT2D eigenvalue weighted by Crippen LogP contribution is 2.29. The predicted octanol–water partition coefficient (Wildman–Crippen LogP) is 3.56. The molecule has 0 aliphatic rings. The van der Waals surface area contributed by atoms with Crippen LogP contribution in [0.3, 0.4) is 0 Å². The van der Waals surface area contributed by atoms with Crippen molar-refractivity contribution in [1.82, 2.24) is 9.78 Å². The monoisotopic (exact) mass is 346 g/mol. The highest BCUT2D eigenvalue weighted by molar-refractivity contribution is 9.10. The van der Waals surface area contributed by atoms with Crippen molar-refractivity contribution in [2.45, 2.75) is 19.4 Å². The summed E-state index contributed by atoms with van der Waals surface area (Å²) in [4.78, 5) is 0. The van der Waals surface area contributed by atoms with Gasteiger partial charge in [-0.3, -0.25) is 4.68 Å². The van der Waals surface area contributed by atoms with E-state index in [1.165, 1.54) is 10.7 Å². The van der Waals surface area contributed by atoms with Crippen molar-refractivity contribution in [3.8, 4) is 0 Å². The molecule has 0 fully saturated rings. The number of aliphatic hydroxyl groups excluding tert-OH is 1. The zero-order valence-corrected chi connectivity index (χ0v) is 12.8. The molecular weight excluding hydrogens is 335 g/mol. The van der Waals surface area contributed by atoms with Gasteiger partial charge >= 0.3 is 0 Å². The summed E-state index contributed by atoms with van der Waals surface area (Å²) in [6.45, 7) is 1.77. The van der Waals surface area contributed by atoms with Gasteiger partial charge in [0.15, 0.2) is 0 Å². The van der Waals surface area contributed by atoms with Gasteiger partial charge < -0.3 is 5.11 Å². The molecule has 0 aliphatic heterocycles. The third-order valence-electron chi connectivity index (χ3n) is 2.96. The highest BCUT2D eigenvalue weighted by Gasteiger charge is 2.20. The van der Waals surface area contributed by atoms with Gasteiger partial charge in [0.25, 0.3) is 0 Å². The summed E-state index contributed by atoms with van der Waals surface area (Å²) in [5.41, 5.74) is 1.64. The molecule has 1 aromatic heterocycles. The highest BCUT2D eigenvalue weighted by atomic mass is 79.9. The first-order chi connectivity index (χ1) is 8.90. The molecule has 0 spiro atoms. The Morgan fingerprint density at radius 2 is 2.21 bits per heavy atom. The van der Waals surface area contributed by atoms with Gasteiger partial charge in [-0.05, 0) is 24.6 Å². The van der Waals surface area contributed by atoms with Crippen LogP contribution in [0.25, 0.3) is 0 Å². The fourth-order valence-electron chi connectivity index (χ4n) is 2.02. The minimum Gasteiger partial charge on any atom is -0.388 e. The van der Waals surface area contributed by atoms with E-state index in [2.05, 4.69) is 21.0 Å². The molecular formula is C13H13BrClFN2O. The number of hydrogen-bond acceptors (Lipinski definition) is 2. The van der Waals surface area contributed by atoms with E-state index in [4.69, 9.17) is 11.6 Å². The lowest BCUT2D eigenvalue weighted by atomic mass is 10.0. The van der Waals surface area contributed by atoms with Crippen molar-refractivity contribution in [3.05, 3.63) is 50.5 Å². The quantitative estimate of drug-likeness (QED) is 0.922. The molecule has 1 N–H and O–H groups in total. The zero-order valence-electron chi connectivity index (χ0n) is 10.5. The van der Waals surface area contributed by atoms with Crippen LogP contribution in [0.1, 0.15) is 22.9 Å². The number of aryl methyl sites for hydroxylation is 2. The minimum absolute atomic E-state index is 0.158. The second-order valence-corrected chi connectivity index (χ2v) is 5.64. The maximum Gasteiger partial charge on any atom is 0.132 e. The largest absolute Gasteiger partial charge is 0.388 e. The van der Waals surface area contributed by atoms with E-state index >= 15 is 0 Å². The number of halogens is 3. The molecule has 0 bridgehead atoms. The Bertz CT molecular complexity index is 615. The molecule has 1 atom stereocenters. The van der Waals surface area contributed by atoms with Gasteiger partial charge in [0, 0.05) is 23.5 Å². The number of rotatable bonds is 3. The van der Waals surface area contributed by atoms with E-state index < -0.39 is 6.10 Å². The van der Waals surface area contributed by atoms with E-state index in [-0.39, 0.29) is 12.2 Å². The van der Waals surface area contributed by atoms with Gasteiger partial charge in [0.05, 0.1) is 11.8 Å². The molecule has 6 heteroatoms. The molecule has 2 rings (SSSR count). The average molecular weight is 348 g/mol. The maximum absolute atomic E-state index is 13.7. The van der Waals surface area contributed by atoms with Crippen molar-refractivity contribution >= 4 is 27.5 Å². The first kappa shape index (κ1) is 14.5. The molecule has 0 amide bonds. The number of benzene rings is 1. The van der Waals surface area contributed by atoms with Crippen LogP contribution in [0.15, 0.2) is 22.7 Å². The van der Waals surface area contributed by atoms with E-state index in [1.807, 2.05) is 0 Å². The van der Waals surface area contributed by atoms with Gasteiger partial charge in [0.2, 0.25) is 0 Å². The molecule has 1 aromatic carbocycles. The number of nitrogens with zero attached hydrogens (tertiary/aromatic N) is 2. The van der Waals surface area contributed by atoms with E-state index in [1.54, 1.807) is 26.1 Å². The molecule has 0 radical (unpaired) electrons. The van der Waals surface area contributed by atoms with E-state index in [0.717, 1.165) is 0 Å². The van der Waals surface area contributed by atoms with Gasteiger partial charge in [-0.15, -0.1) is 0 Å². The molecule has 1 unspecified atom stereocenters. The standard InChI is InChI=1S/C13H13BrClFN2O/c1-7-12(13(15)18(2)17-7)11(19)5-8-3-4-9(14)6-10(8)16/h3-4,6,11,19H,5H2,1-2H3. The Kier molecular flexibility index (Phi) is 4.28.